The maximum Gasteiger partial charge on any atom is 0.439 e. The average Bonchev–Trinajstić information content (AvgIpc) is 2.89. The molecule has 1 aliphatic heterocycles. The highest BCUT2D eigenvalue weighted by Gasteiger charge is 2.68. The van der Waals surface area contributed by atoms with Crippen LogP contribution in [0.1, 0.15) is 36.0 Å². The second kappa shape index (κ2) is 6.01. The molecule has 1 aliphatic carbocycles. The van der Waals surface area contributed by atoms with Gasteiger partial charge in [-0.3, -0.25) is 4.79 Å². The van der Waals surface area contributed by atoms with E-state index in [9.17, 15) is 23.1 Å². The quantitative estimate of drug-likeness (QED) is 0.887. The second-order valence-corrected chi connectivity index (χ2v) is 6.67. The first kappa shape index (κ1) is 17.7. The topological polar surface area (TPSA) is 56.1 Å². The first-order chi connectivity index (χ1) is 11.7. The van der Waals surface area contributed by atoms with E-state index in [0.717, 1.165) is 5.69 Å². The molecule has 0 aromatic heterocycles. The van der Waals surface area contributed by atoms with Crippen LogP contribution in [0.25, 0.3) is 0 Å². The van der Waals surface area contributed by atoms with Crippen molar-refractivity contribution < 1.29 is 23.1 Å². The number of halogens is 3. The molecule has 2 atom stereocenters. The lowest BCUT2D eigenvalue weighted by atomic mass is 9.80. The molecule has 8 heteroatoms. The Hall–Kier alpha value is -2.09. The normalized spacial score (nSPS) is 26.2. The fraction of sp³-hybridized carbons (Fsp3) is 0.529. The van der Waals surface area contributed by atoms with Crippen LogP contribution in [0.2, 0.25) is 0 Å². The van der Waals surface area contributed by atoms with Gasteiger partial charge >= 0.3 is 6.18 Å². The minimum absolute atomic E-state index is 0.0521. The zero-order chi connectivity index (χ0) is 18.4. The number of carbonyl (C=O) groups excluding carboxylic acids is 1. The summed E-state index contributed by atoms with van der Waals surface area (Å²) in [7, 11) is 3.63. The molecular weight excluding hydrogens is 335 g/mol. The second-order valence-electron chi connectivity index (χ2n) is 6.67. The van der Waals surface area contributed by atoms with E-state index in [4.69, 9.17) is 0 Å². The molecule has 1 amide bonds. The van der Waals surface area contributed by atoms with Gasteiger partial charge in [-0.25, -0.2) is 0 Å². The molecule has 25 heavy (non-hydrogen) atoms. The van der Waals surface area contributed by atoms with Crippen molar-refractivity contribution >= 4 is 17.3 Å². The van der Waals surface area contributed by atoms with Gasteiger partial charge in [0.2, 0.25) is 0 Å². The summed E-state index contributed by atoms with van der Waals surface area (Å²) in [6.45, 7) is 0. The predicted octanol–water partition coefficient (Wildman–Crippen LogP) is 3.01. The van der Waals surface area contributed by atoms with Crippen molar-refractivity contribution in [2.75, 3.05) is 19.0 Å². The molecule has 136 valence electrons. The van der Waals surface area contributed by atoms with Crippen LogP contribution < -0.4 is 4.90 Å². The number of rotatable bonds is 2. The average molecular weight is 355 g/mol. The molecule has 0 spiro atoms. The summed E-state index contributed by atoms with van der Waals surface area (Å²) in [6.07, 6.45) is -3.17. The van der Waals surface area contributed by atoms with Gasteiger partial charge in [0, 0.05) is 31.1 Å². The summed E-state index contributed by atoms with van der Waals surface area (Å²) in [6, 6.07) is 6.15. The van der Waals surface area contributed by atoms with Crippen molar-refractivity contribution in [1.29, 1.82) is 0 Å². The van der Waals surface area contributed by atoms with E-state index in [2.05, 4.69) is 5.10 Å². The number of hydrogen-bond acceptors (Lipinski definition) is 4. The van der Waals surface area contributed by atoms with Crippen molar-refractivity contribution in [2.45, 2.75) is 37.6 Å². The minimum Gasteiger partial charge on any atom is -0.378 e. The maximum atomic E-state index is 13.7. The van der Waals surface area contributed by atoms with E-state index in [-0.39, 0.29) is 22.7 Å². The van der Waals surface area contributed by atoms with Gasteiger partial charge in [-0.1, -0.05) is 6.42 Å². The lowest BCUT2D eigenvalue weighted by molar-refractivity contribution is -0.312. The molecule has 2 aliphatic rings. The van der Waals surface area contributed by atoms with Gasteiger partial charge in [0.15, 0.2) is 0 Å². The molecule has 1 N–H and O–H groups in total. The van der Waals surface area contributed by atoms with Gasteiger partial charge in [-0.15, -0.1) is 0 Å². The van der Waals surface area contributed by atoms with Crippen LogP contribution in [-0.4, -0.2) is 47.7 Å². The van der Waals surface area contributed by atoms with E-state index < -0.39 is 23.7 Å². The number of carbonyl (C=O) groups is 1. The van der Waals surface area contributed by atoms with Gasteiger partial charge in [0.05, 0.1) is 5.92 Å². The van der Waals surface area contributed by atoms with Gasteiger partial charge in [0.25, 0.3) is 11.6 Å². The number of hydrazone groups is 1. The Morgan fingerprint density at radius 1 is 1.28 bits per heavy atom. The van der Waals surface area contributed by atoms with E-state index in [1.165, 1.54) is 12.1 Å². The first-order valence-electron chi connectivity index (χ1n) is 8.14. The van der Waals surface area contributed by atoms with Crippen LogP contribution in [0, 0.1) is 5.92 Å². The van der Waals surface area contributed by atoms with Crippen molar-refractivity contribution in [3.05, 3.63) is 29.8 Å². The molecule has 3 rings (SSSR count). The lowest BCUT2D eigenvalue weighted by Crippen LogP contribution is -2.61. The molecule has 0 radical (unpaired) electrons. The standard InChI is InChI=1S/C17H20F3N3O2/c1-22(2)12-9-7-11(8-10-12)15(24)23-16(25,17(18,19)20)13-5-3-4-6-14(13)21-23/h7-10,13,25H,3-6H2,1-2H3/t13-,16+/m0/s1. The fourth-order valence-electron chi connectivity index (χ4n) is 3.44. The monoisotopic (exact) mass is 355 g/mol. The number of anilines is 1. The Labute approximate surface area is 143 Å². The zero-order valence-electron chi connectivity index (χ0n) is 14.0. The maximum absolute atomic E-state index is 13.7. The summed E-state index contributed by atoms with van der Waals surface area (Å²) < 4.78 is 41.1. The number of benzene rings is 1. The summed E-state index contributed by atoms with van der Waals surface area (Å²) in [5.74, 6) is -2.14. The van der Waals surface area contributed by atoms with Crippen molar-refractivity contribution in [2.24, 2.45) is 11.0 Å². The van der Waals surface area contributed by atoms with Crippen LogP contribution in [0.15, 0.2) is 29.4 Å². The number of nitrogens with zero attached hydrogens (tertiary/aromatic N) is 3. The highest BCUT2D eigenvalue weighted by atomic mass is 19.4. The third-order valence-electron chi connectivity index (χ3n) is 4.86. The first-order valence-corrected chi connectivity index (χ1v) is 8.14. The predicted molar refractivity (Wildman–Crippen MR) is 87.3 cm³/mol. The lowest BCUT2D eigenvalue weighted by Gasteiger charge is -2.38. The van der Waals surface area contributed by atoms with Crippen LogP contribution >= 0.6 is 0 Å². The van der Waals surface area contributed by atoms with Crippen molar-refractivity contribution in [3.63, 3.8) is 0 Å². The Morgan fingerprint density at radius 2 is 1.92 bits per heavy atom. The van der Waals surface area contributed by atoms with Gasteiger partial charge in [-0.2, -0.15) is 23.3 Å². The molecule has 0 bridgehead atoms. The van der Waals surface area contributed by atoms with E-state index in [0.29, 0.717) is 19.3 Å². The smallest absolute Gasteiger partial charge is 0.378 e. The van der Waals surface area contributed by atoms with Gasteiger partial charge in [-0.05, 0) is 43.5 Å². The summed E-state index contributed by atoms with van der Waals surface area (Å²) >= 11 is 0. The zero-order valence-corrected chi connectivity index (χ0v) is 14.0. The van der Waals surface area contributed by atoms with Gasteiger partial charge in [0.1, 0.15) is 0 Å². The Balaban J connectivity index is 1.98. The molecule has 1 fully saturated rings. The summed E-state index contributed by atoms with van der Waals surface area (Å²) in [5.41, 5.74) is -2.16. The summed E-state index contributed by atoms with van der Waals surface area (Å²) in [4.78, 5) is 14.5. The highest BCUT2D eigenvalue weighted by Crippen LogP contribution is 2.48. The fourth-order valence-corrected chi connectivity index (χ4v) is 3.44. The van der Waals surface area contributed by atoms with Crippen molar-refractivity contribution in [1.82, 2.24) is 5.01 Å². The van der Waals surface area contributed by atoms with Crippen molar-refractivity contribution in [3.8, 4) is 0 Å². The van der Waals surface area contributed by atoms with E-state index >= 15 is 0 Å². The number of aliphatic hydroxyl groups is 1. The molecular formula is C17H20F3N3O2. The minimum atomic E-state index is -4.99. The number of alkyl halides is 3. The van der Waals surface area contributed by atoms with Crippen LogP contribution in [0.3, 0.4) is 0 Å². The Bertz CT molecular complexity index is 700. The molecule has 0 saturated heterocycles. The molecule has 1 aromatic rings. The molecule has 5 nitrogen and oxygen atoms in total. The summed E-state index contributed by atoms with van der Waals surface area (Å²) in [5, 5.41) is 14.6. The SMILES string of the molecule is CN(C)c1ccc(C(=O)N2N=C3CCCC[C@@H]3[C@@]2(O)C(F)(F)F)cc1. The van der Waals surface area contributed by atoms with E-state index in [1.54, 1.807) is 12.1 Å². The highest BCUT2D eigenvalue weighted by molar-refractivity contribution is 5.99. The molecule has 1 saturated carbocycles. The Kier molecular flexibility index (Phi) is 4.26. The molecule has 1 heterocycles. The third-order valence-corrected chi connectivity index (χ3v) is 4.86. The van der Waals surface area contributed by atoms with Crippen LogP contribution in [-0.2, 0) is 0 Å². The molecule has 0 unspecified atom stereocenters. The van der Waals surface area contributed by atoms with E-state index in [1.807, 2.05) is 19.0 Å². The number of hydrogen-bond donors (Lipinski definition) is 1. The number of amides is 1. The third kappa shape index (κ3) is 2.78. The van der Waals surface area contributed by atoms with Gasteiger partial charge < -0.3 is 10.0 Å². The molecule has 1 aromatic carbocycles. The van der Waals surface area contributed by atoms with Crippen LogP contribution in [0.5, 0.6) is 0 Å². The largest absolute Gasteiger partial charge is 0.439 e. The van der Waals surface area contributed by atoms with Crippen LogP contribution in [0.4, 0.5) is 18.9 Å². The number of fused-ring (bicyclic) bond motifs is 1. The Morgan fingerprint density at radius 3 is 2.48 bits per heavy atom.